The largest absolute Gasteiger partial charge is 0.343 e. The Morgan fingerprint density at radius 3 is 2.70 bits per heavy atom. The van der Waals surface area contributed by atoms with Crippen molar-refractivity contribution in [3.63, 3.8) is 0 Å². The summed E-state index contributed by atoms with van der Waals surface area (Å²) in [5, 5.41) is 9.11. The Kier molecular flexibility index (Phi) is 4.49. The summed E-state index contributed by atoms with van der Waals surface area (Å²) >= 11 is 0. The van der Waals surface area contributed by atoms with Crippen molar-refractivity contribution in [2.24, 2.45) is 0 Å². The monoisotopic (exact) mass is 272 g/mol. The summed E-state index contributed by atoms with van der Waals surface area (Å²) in [6.07, 6.45) is 3.39. The van der Waals surface area contributed by atoms with Crippen molar-refractivity contribution in [1.29, 1.82) is 0 Å². The number of benzene rings is 1. The fraction of sp³-hybridized carbons (Fsp3) is 0.214. The minimum atomic E-state index is -0.254. The molecule has 2 rings (SSSR count). The second-order valence-electron chi connectivity index (χ2n) is 4.41. The Morgan fingerprint density at radius 2 is 2.05 bits per heavy atom. The van der Waals surface area contributed by atoms with Gasteiger partial charge in [0.2, 0.25) is 5.91 Å². The molecular weight excluding hydrogens is 256 g/mol. The Labute approximate surface area is 116 Å². The van der Waals surface area contributed by atoms with E-state index in [1.54, 1.807) is 43.7 Å². The van der Waals surface area contributed by atoms with E-state index in [1.165, 1.54) is 4.90 Å². The third-order valence-corrected chi connectivity index (χ3v) is 2.84. The van der Waals surface area contributed by atoms with E-state index in [0.29, 0.717) is 12.1 Å². The molecule has 2 N–H and O–H groups in total. The van der Waals surface area contributed by atoms with Crippen LogP contribution in [0.5, 0.6) is 0 Å². The zero-order valence-corrected chi connectivity index (χ0v) is 11.2. The van der Waals surface area contributed by atoms with Gasteiger partial charge in [0.1, 0.15) is 0 Å². The molecule has 2 amide bonds. The van der Waals surface area contributed by atoms with Crippen LogP contribution in [0.25, 0.3) is 0 Å². The number of nitrogens with zero attached hydrogens (tertiary/aromatic N) is 2. The smallest absolute Gasteiger partial charge is 0.251 e. The van der Waals surface area contributed by atoms with Gasteiger partial charge in [-0.3, -0.25) is 14.7 Å². The quantitative estimate of drug-likeness (QED) is 0.845. The van der Waals surface area contributed by atoms with E-state index < -0.39 is 0 Å². The number of nitrogens with one attached hydrogen (secondary N) is 2. The van der Waals surface area contributed by atoms with Crippen LogP contribution in [-0.4, -0.2) is 40.5 Å². The molecule has 0 aliphatic carbocycles. The average Bonchev–Trinajstić information content (AvgIpc) is 2.98. The van der Waals surface area contributed by atoms with Crippen molar-refractivity contribution in [3.8, 4) is 0 Å². The second-order valence-corrected chi connectivity index (χ2v) is 4.41. The third-order valence-electron chi connectivity index (χ3n) is 2.84. The topological polar surface area (TPSA) is 78.1 Å². The van der Waals surface area contributed by atoms with Gasteiger partial charge in [0, 0.05) is 30.9 Å². The first-order valence-electron chi connectivity index (χ1n) is 6.21. The fourth-order valence-corrected chi connectivity index (χ4v) is 1.71. The molecule has 0 aliphatic rings. The molecule has 6 nitrogen and oxygen atoms in total. The van der Waals surface area contributed by atoms with E-state index >= 15 is 0 Å². The van der Waals surface area contributed by atoms with Crippen LogP contribution in [0.4, 0.5) is 0 Å². The zero-order chi connectivity index (χ0) is 14.4. The molecule has 2 aromatic rings. The van der Waals surface area contributed by atoms with Crippen LogP contribution < -0.4 is 5.32 Å². The standard InChI is InChI=1S/C14H16N4O2/c1-18(10-11-7-16-17-8-11)13(19)9-15-14(20)12-5-3-2-4-6-12/h2-8H,9-10H2,1H3,(H,15,20)(H,16,17). The van der Waals surface area contributed by atoms with Gasteiger partial charge >= 0.3 is 0 Å². The minimum Gasteiger partial charge on any atom is -0.343 e. The van der Waals surface area contributed by atoms with Crippen molar-refractivity contribution in [2.75, 3.05) is 13.6 Å². The van der Waals surface area contributed by atoms with E-state index in [1.807, 2.05) is 6.07 Å². The van der Waals surface area contributed by atoms with Crippen molar-refractivity contribution >= 4 is 11.8 Å². The van der Waals surface area contributed by atoms with Gasteiger partial charge in [0.25, 0.3) is 5.91 Å². The molecule has 1 aromatic carbocycles. The van der Waals surface area contributed by atoms with Crippen LogP contribution in [0.2, 0.25) is 0 Å². The third kappa shape index (κ3) is 3.68. The maximum Gasteiger partial charge on any atom is 0.251 e. The van der Waals surface area contributed by atoms with E-state index in [0.717, 1.165) is 5.56 Å². The lowest BCUT2D eigenvalue weighted by atomic mass is 10.2. The summed E-state index contributed by atoms with van der Waals surface area (Å²) in [6, 6.07) is 8.80. The maximum absolute atomic E-state index is 11.9. The SMILES string of the molecule is CN(Cc1cn[nH]c1)C(=O)CNC(=O)c1ccccc1. The maximum atomic E-state index is 11.9. The Bertz CT molecular complexity index is 566. The molecule has 0 radical (unpaired) electrons. The van der Waals surface area contributed by atoms with E-state index in [-0.39, 0.29) is 18.4 Å². The van der Waals surface area contributed by atoms with Crippen LogP contribution >= 0.6 is 0 Å². The molecule has 0 spiro atoms. The van der Waals surface area contributed by atoms with Gasteiger partial charge in [0.15, 0.2) is 0 Å². The number of likely N-dealkylation sites (N-methyl/N-ethyl adjacent to an activating group) is 1. The molecule has 0 unspecified atom stereocenters. The van der Waals surface area contributed by atoms with E-state index in [9.17, 15) is 9.59 Å². The van der Waals surface area contributed by atoms with Gasteiger partial charge in [-0.05, 0) is 12.1 Å². The summed E-state index contributed by atoms with van der Waals surface area (Å²) < 4.78 is 0. The zero-order valence-electron chi connectivity index (χ0n) is 11.2. The molecule has 0 bridgehead atoms. The highest BCUT2D eigenvalue weighted by Crippen LogP contribution is 2.00. The molecule has 6 heteroatoms. The Hall–Kier alpha value is -2.63. The van der Waals surface area contributed by atoms with Gasteiger partial charge in [-0.25, -0.2) is 0 Å². The Morgan fingerprint density at radius 1 is 1.30 bits per heavy atom. The number of carbonyl (C=O) groups excluding carboxylic acids is 2. The fourth-order valence-electron chi connectivity index (χ4n) is 1.71. The van der Waals surface area contributed by atoms with Crippen LogP contribution in [-0.2, 0) is 11.3 Å². The number of aromatic amines is 1. The minimum absolute atomic E-state index is 0.0257. The lowest BCUT2D eigenvalue weighted by Gasteiger charge is -2.16. The molecule has 20 heavy (non-hydrogen) atoms. The lowest BCUT2D eigenvalue weighted by Crippen LogP contribution is -2.37. The van der Waals surface area contributed by atoms with Crippen molar-refractivity contribution in [2.45, 2.75) is 6.54 Å². The normalized spacial score (nSPS) is 10.1. The van der Waals surface area contributed by atoms with Gasteiger partial charge in [0.05, 0.1) is 12.7 Å². The van der Waals surface area contributed by atoms with E-state index in [2.05, 4.69) is 15.5 Å². The number of rotatable bonds is 5. The van der Waals surface area contributed by atoms with Gasteiger partial charge < -0.3 is 10.2 Å². The molecular formula is C14H16N4O2. The number of amides is 2. The van der Waals surface area contributed by atoms with Crippen LogP contribution in [0.3, 0.4) is 0 Å². The molecule has 1 aromatic heterocycles. The molecule has 0 atom stereocenters. The summed E-state index contributed by atoms with van der Waals surface area (Å²) in [5.74, 6) is -0.411. The molecule has 104 valence electrons. The lowest BCUT2D eigenvalue weighted by molar-refractivity contribution is -0.129. The van der Waals surface area contributed by atoms with Crippen molar-refractivity contribution < 1.29 is 9.59 Å². The highest BCUT2D eigenvalue weighted by atomic mass is 16.2. The number of hydrogen-bond donors (Lipinski definition) is 2. The average molecular weight is 272 g/mol. The number of hydrogen-bond acceptors (Lipinski definition) is 3. The van der Waals surface area contributed by atoms with Crippen LogP contribution in [0, 0.1) is 0 Å². The Balaban J connectivity index is 1.81. The second kappa shape index (κ2) is 6.51. The van der Waals surface area contributed by atoms with Gasteiger partial charge in [-0.1, -0.05) is 18.2 Å². The first-order valence-corrected chi connectivity index (χ1v) is 6.21. The first kappa shape index (κ1) is 13.8. The first-order chi connectivity index (χ1) is 9.66. The highest BCUT2D eigenvalue weighted by molar-refractivity contribution is 5.96. The molecule has 0 fully saturated rings. The van der Waals surface area contributed by atoms with Crippen LogP contribution in [0.15, 0.2) is 42.7 Å². The number of carbonyl (C=O) groups is 2. The molecule has 0 saturated carbocycles. The van der Waals surface area contributed by atoms with Crippen molar-refractivity contribution in [3.05, 3.63) is 53.9 Å². The molecule has 0 aliphatic heterocycles. The van der Waals surface area contributed by atoms with Gasteiger partial charge in [-0.15, -0.1) is 0 Å². The molecule has 0 saturated heterocycles. The van der Waals surface area contributed by atoms with E-state index in [4.69, 9.17) is 0 Å². The van der Waals surface area contributed by atoms with Gasteiger partial charge in [-0.2, -0.15) is 5.10 Å². The number of aromatic nitrogens is 2. The molecule has 1 heterocycles. The summed E-state index contributed by atoms with van der Waals surface area (Å²) in [6.45, 7) is 0.429. The summed E-state index contributed by atoms with van der Waals surface area (Å²) in [4.78, 5) is 25.2. The summed E-state index contributed by atoms with van der Waals surface area (Å²) in [5.41, 5.74) is 1.45. The number of H-pyrrole nitrogens is 1. The predicted molar refractivity (Wildman–Crippen MR) is 73.8 cm³/mol. The highest BCUT2D eigenvalue weighted by Gasteiger charge is 2.12. The predicted octanol–water partition coefficient (Wildman–Crippen LogP) is 0.798. The van der Waals surface area contributed by atoms with Crippen LogP contribution in [0.1, 0.15) is 15.9 Å². The van der Waals surface area contributed by atoms with Crippen molar-refractivity contribution in [1.82, 2.24) is 20.4 Å². The summed E-state index contributed by atoms with van der Waals surface area (Å²) in [7, 11) is 1.68.